The maximum absolute atomic E-state index is 12.7. The van der Waals surface area contributed by atoms with Gasteiger partial charge >= 0.3 is 0 Å². The van der Waals surface area contributed by atoms with E-state index in [1.54, 1.807) is 18.7 Å². The van der Waals surface area contributed by atoms with Crippen molar-refractivity contribution in [2.24, 2.45) is 5.92 Å². The number of hydrogen-bond donors (Lipinski definition) is 2. The molecule has 1 heterocycles. The van der Waals surface area contributed by atoms with E-state index in [1.807, 2.05) is 38.1 Å². The first-order valence-electron chi connectivity index (χ1n) is 8.13. The number of amides is 2. The van der Waals surface area contributed by atoms with Crippen molar-refractivity contribution in [3.8, 4) is 0 Å². The number of benzene rings is 1. The Kier molecular flexibility index (Phi) is 5.09. The molecule has 1 aromatic rings. The van der Waals surface area contributed by atoms with Gasteiger partial charge in [-0.05, 0) is 31.4 Å². The summed E-state index contributed by atoms with van der Waals surface area (Å²) < 4.78 is 0. The van der Waals surface area contributed by atoms with Crippen LogP contribution in [0.5, 0.6) is 0 Å². The number of aliphatic hydroxyl groups is 1. The summed E-state index contributed by atoms with van der Waals surface area (Å²) in [6, 6.07) is 7.00. The fourth-order valence-electron chi connectivity index (χ4n) is 2.91. The summed E-state index contributed by atoms with van der Waals surface area (Å²) in [4.78, 5) is 27.0. The van der Waals surface area contributed by atoms with Gasteiger partial charge in [0.05, 0.1) is 12.0 Å². The highest BCUT2D eigenvalue weighted by Crippen LogP contribution is 2.28. The Labute approximate surface area is 137 Å². The SMILES string of the molecule is CC[C@H](C)[C@H]1C(=O)Nc2ccccc2CN1C(=O)CC(C)(C)O. The van der Waals surface area contributed by atoms with Crippen LogP contribution in [0.2, 0.25) is 0 Å². The molecule has 2 rings (SSSR count). The number of carbonyl (C=O) groups is 2. The van der Waals surface area contributed by atoms with Crippen molar-refractivity contribution in [3.05, 3.63) is 29.8 Å². The molecule has 1 aliphatic rings. The van der Waals surface area contributed by atoms with Crippen molar-refractivity contribution >= 4 is 17.5 Å². The number of nitrogens with zero attached hydrogens (tertiary/aromatic N) is 1. The molecule has 5 heteroatoms. The molecule has 0 bridgehead atoms. The van der Waals surface area contributed by atoms with Crippen LogP contribution < -0.4 is 5.32 Å². The molecule has 5 nitrogen and oxygen atoms in total. The van der Waals surface area contributed by atoms with Gasteiger partial charge in [0.15, 0.2) is 0 Å². The van der Waals surface area contributed by atoms with Crippen LogP contribution >= 0.6 is 0 Å². The minimum absolute atomic E-state index is 0.00458. The van der Waals surface area contributed by atoms with Gasteiger partial charge in [-0.25, -0.2) is 0 Å². The number of para-hydroxylation sites is 1. The Hall–Kier alpha value is -1.88. The molecule has 0 spiro atoms. The second-order valence-electron chi connectivity index (χ2n) is 6.99. The van der Waals surface area contributed by atoms with E-state index in [0.717, 1.165) is 17.7 Å². The first-order chi connectivity index (χ1) is 10.7. The Morgan fingerprint density at radius 1 is 1.43 bits per heavy atom. The van der Waals surface area contributed by atoms with E-state index in [1.165, 1.54) is 0 Å². The zero-order valence-corrected chi connectivity index (χ0v) is 14.3. The van der Waals surface area contributed by atoms with Gasteiger partial charge in [0.1, 0.15) is 6.04 Å². The summed E-state index contributed by atoms with van der Waals surface area (Å²) in [5.41, 5.74) is 0.569. The number of anilines is 1. The third-order valence-electron chi connectivity index (χ3n) is 4.31. The Bertz CT molecular complexity index is 592. The van der Waals surface area contributed by atoms with E-state index >= 15 is 0 Å². The first-order valence-corrected chi connectivity index (χ1v) is 8.13. The molecule has 0 aromatic heterocycles. The number of hydrogen-bond acceptors (Lipinski definition) is 3. The van der Waals surface area contributed by atoms with Crippen molar-refractivity contribution in [1.82, 2.24) is 4.90 Å². The summed E-state index contributed by atoms with van der Waals surface area (Å²) in [5.74, 6) is -0.321. The highest BCUT2D eigenvalue weighted by molar-refractivity contribution is 5.99. The number of carbonyl (C=O) groups excluding carboxylic acids is 2. The van der Waals surface area contributed by atoms with E-state index < -0.39 is 11.6 Å². The van der Waals surface area contributed by atoms with E-state index in [4.69, 9.17) is 0 Å². The predicted molar refractivity (Wildman–Crippen MR) is 89.8 cm³/mol. The molecule has 126 valence electrons. The average molecular weight is 318 g/mol. The molecule has 1 aliphatic heterocycles. The third kappa shape index (κ3) is 4.10. The molecule has 0 aliphatic carbocycles. The van der Waals surface area contributed by atoms with E-state index in [2.05, 4.69) is 5.32 Å². The minimum Gasteiger partial charge on any atom is -0.390 e. The average Bonchev–Trinajstić information content (AvgIpc) is 2.60. The lowest BCUT2D eigenvalue weighted by Gasteiger charge is -2.34. The van der Waals surface area contributed by atoms with Crippen molar-refractivity contribution in [1.29, 1.82) is 0 Å². The van der Waals surface area contributed by atoms with Crippen molar-refractivity contribution < 1.29 is 14.7 Å². The number of fused-ring (bicyclic) bond motifs is 1. The lowest BCUT2D eigenvalue weighted by atomic mass is 9.95. The zero-order chi connectivity index (χ0) is 17.2. The van der Waals surface area contributed by atoms with Crippen molar-refractivity contribution in [2.75, 3.05) is 5.32 Å². The number of nitrogens with one attached hydrogen (secondary N) is 1. The van der Waals surface area contributed by atoms with Gasteiger partial charge in [0.2, 0.25) is 11.8 Å². The second-order valence-corrected chi connectivity index (χ2v) is 6.99. The lowest BCUT2D eigenvalue weighted by Crippen LogP contribution is -2.50. The quantitative estimate of drug-likeness (QED) is 0.896. The van der Waals surface area contributed by atoms with Gasteiger partial charge < -0.3 is 15.3 Å². The molecule has 2 N–H and O–H groups in total. The maximum atomic E-state index is 12.7. The summed E-state index contributed by atoms with van der Waals surface area (Å²) in [6.45, 7) is 7.57. The fraction of sp³-hybridized carbons (Fsp3) is 0.556. The third-order valence-corrected chi connectivity index (χ3v) is 4.31. The van der Waals surface area contributed by atoms with Crippen LogP contribution in [0.3, 0.4) is 0 Å². The number of rotatable bonds is 4. The van der Waals surface area contributed by atoms with Gasteiger partial charge in [0, 0.05) is 12.2 Å². The largest absolute Gasteiger partial charge is 0.390 e. The molecule has 2 atom stereocenters. The summed E-state index contributed by atoms with van der Waals surface area (Å²) in [6.07, 6.45) is 0.788. The van der Waals surface area contributed by atoms with Crippen molar-refractivity contribution in [3.63, 3.8) is 0 Å². The Morgan fingerprint density at radius 2 is 2.09 bits per heavy atom. The van der Waals surface area contributed by atoms with E-state index in [0.29, 0.717) is 6.54 Å². The van der Waals surface area contributed by atoms with Crippen LogP contribution in [0.4, 0.5) is 5.69 Å². The molecule has 23 heavy (non-hydrogen) atoms. The standard InChI is InChI=1S/C18H26N2O3/c1-5-12(2)16-17(22)19-14-9-7-6-8-13(14)11-20(16)15(21)10-18(3,4)23/h6-9,12,16,23H,5,10-11H2,1-4H3,(H,19,22)/t12-,16-/m0/s1. The molecular weight excluding hydrogens is 292 g/mol. The molecule has 0 saturated heterocycles. The molecule has 0 radical (unpaired) electrons. The molecular formula is C18H26N2O3. The van der Waals surface area contributed by atoms with Crippen LogP contribution in [-0.4, -0.2) is 33.5 Å². The van der Waals surface area contributed by atoms with Gasteiger partial charge in [-0.15, -0.1) is 0 Å². The van der Waals surface area contributed by atoms with E-state index in [9.17, 15) is 14.7 Å². The maximum Gasteiger partial charge on any atom is 0.247 e. The van der Waals surface area contributed by atoms with Gasteiger partial charge in [-0.3, -0.25) is 9.59 Å². The van der Waals surface area contributed by atoms with Crippen LogP contribution in [0.1, 0.15) is 46.1 Å². The second kappa shape index (κ2) is 6.71. The van der Waals surface area contributed by atoms with Gasteiger partial charge in [-0.2, -0.15) is 0 Å². The summed E-state index contributed by atoms with van der Waals surface area (Å²) in [7, 11) is 0. The molecule has 1 aromatic carbocycles. The van der Waals surface area contributed by atoms with Crippen LogP contribution in [0.15, 0.2) is 24.3 Å². The lowest BCUT2D eigenvalue weighted by molar-refractivity contribution is -0.144. The van der Waals surface area contributed by atoms with E-state index in [-0.39, 0.29) is 24.2 Å². The van der Waals surface area contributed by atoms with Crippen LogP contribution in [-0.2, 0) is 16.1 Å². The minimum atomic E-state index is -1.10. The van der Waals surface area contributed by atoms with Gasteiger partial charge in [0.25, 0.3) is 0 Å². The Balaban J connectivity index is 2.40. The van der Waals surface area contributed by atoms with Crippen LogP contribution in [0, 0.1) is 5.92 Å². The Morgan fingerprint density at radius 3 is 2.70 bits per heavy atom. The molecule has 0 unspecified atom stereocenters. The summed E-state index contributed by atoms with van der Waals surface area (Å²) >= 11 is 0. The van der Waals surface area contributed by atoms with Crippen LogP contribution in [0.25, 0.3) is 0 Å². The smallest absolute Gasteiger partial charge is 0.247 e. The topological polar surface area (TPSA) is 69.6 Å². The van der Waals surface area contributed by atoms with Crippen molar-refractivity contribution in [2.45, 2.75) is 58.7 Å². The first kappa shape index (κ1) is 17.5. The molecule has 0 saturated carbocycles. The predicted octanol–water partition coefficient (Wildman–Crippen LogP) is 2.54. The fourth-order valence-corrected chi connectivity index (χ4v) is 2.91. The highest BCUT2D eigenvalue weighted by Gasteiger charge is 2.37. The highest BCUT2D eigenvalue weighted by atomic mass is 16.3. The summed E-state index contributed by atoms with van der Waals surface area (Å²) in [5, 5.41) is 12.9. The normalized spacial score (nSPS) is 19.6. The zero-order valence-electron chi connectivity index (χ0n) is 14.3. The van der Waals surface area contributed by atoms with Gasteiger partial charge in [-0.1, -0.05) is 38.5 Å². The monoisotopic (exact) mass is 318 g/mol. The molecule has 2 amide bonds. The molecule has 0 fully saturated rings.